The first kappa shape index (κ1) is 20.5. The Morgan fingerprint density at radius 1 is 0.871 bits per heavy atom. The van der Waals surface area contributed by atoms with Crippen molar-refractivity contribution in [2.75, 3.05) is 33.3 Å². The van der Waals surface area contributed by atoms with Gasteiger partial charge in [-0.15, -0.1) is 10.2 Å². The third kappa shape index (κ3) is 4.37. The van der Waals surface area contributed by atoms with E-state index in [0.717, 1.165) is 5.56 Å². The van der Waals surface area contributed by atoms with Crippen molar-refractivity contribution in [3.63, 3.8) is 0 Å². The minimum absolute atomic E-state index is 0.0515. The van der Waals surface area contributed by atoms with Gasteiger partial charge in [0.1, 0.15) is 5.82 Å². The summed E-state index contributed by atoms with van der Waals surface area (Å²) in [6, 6.07) is 16.6. The molecule has 3 aromatic rings. The second-order valence-electron chi connectivity index (χ2n) is 7.11. The fourth-order valence-corrected chi connectivity index (χ4v) is 3.49. The minimum atomic E-state index is -0.538. The molecule has 0 saturated carbocycles. The molecule has 0 unspecified atom stereocenters. The van der Waals surface area contributed by atoms with Crippen molar-refractivity contribution in [1.82, 2.24) is 20.0 Å². The number of aromatic nitrogens is 2. The number of piperazine rings is 1. The molecule has 7 nitrogen and oxygen atoms in total. The lowest BCUT2D eigenvalue weighted by atomic mass is 10.1. The van der Waals surface area contributed by atoms with Crippen LogP contribution in [0.3, 0.4) is 0 Å². The van der Waals surface area contributed by atoms with E-state index in [9.17, 15) is 14.0 Å². The smallest absolute Gasteiger partial charge is 0.256 e. The van der Waals surface area contributed by atoms with Gasteiger partial charge in [-0.3, -0.25) is 9.59 Å². The van der Waals surface area contributed by atoms with Crippen LogP contribution >= 0.6 is 0 Å². The molecule has 2 heterocycles. The van der Waals surface area contributed by atoms with Crippen molar-refractivity contribution in [3.05, 3.63) is 77.6 Å². The van der Waals surface area contributed by atoms with Crippen LogP contribution in [0.1, 0.15) is 20.7 Å². The molecule has 158 valence electrons. The second kappa shape index (κ2) is 8.91. The summed E-state index contributed by atoms with van der Waals surface area (Å²) >= 11 is 0. The van der Waals surface area contributed by atoms with Crippen LogP contribution in [0.2, 0.25) is 0 Å². The van der Waals surface area contributed by atoms with E-state index in [4.69, 9.17) is 4.74 Å². The molecule has 0 bridgehead atoms. The maximum Gasteiger partial charge on any atom is 0.256 e. The van der Waals surface area contributed by atoms with Gasteiger partial charge in [-0.1, -0.05) is 24.3 Å². The Bertz CT molecular complexity index is 1100. The molecule has 0 aliphatic carbocycles. The molecule has 2 aromatic carbocycles. The first-order valence-electron chi connectivity index (χ1n) is 9.88. The zero-order chi connectivity index (χ0) is 21.8. The van der Waals surface area contributed by atoms with E-state index in [2.05, 4.69) is 10.2 Å². The predicted octanol–water partition coefficient (Wildman–Crippen LogP) is 2.89. The van der Waals surface area contributed by atoms with Crippen molar-refractivity contribution in [2.45, 2.75) is 0 Å². The molecule has 0 spiro atoms. The van der Waals surface area contributed by atoms with Crippen LogP contribution in [0.25, 0.3) is 11.3 Å². The first-order valence-corrected chi connectivity index (χ1v) is 9.88. The molecular formula is C23H21FN4O3. The maximum atomic E-state index is 13.9. The average Bonchev–Trinajstić information content (AvgIpc) is 2.84. The molecule has 1 aliphatic rings. The van der Waals surface area contributed by atoms with Gasteiger partial charge >= 0.3 is 0 Å². The SMILES string of the molecule is COc1ccc(-c2cccc(C(=O)N3CCN(C(=O)c4ccccc4F)CC3)c2)nn1. The van der Waals surface area contributed by atoms with Crippen molar-refractivity contribution in [3.8, 4) is 17.1 Å². The number of nitrogens with zero attached hydrogens (tertiary/aromatic N) is 4. The van der Waals surface area contributed by atoms with Crippen molar-refractivity contribution >= 4 is 11.8 Å². The number of halogens is 1. The summed E-state index contributed by atoms with van der Waals surface area (Å²) in [4.78, 5) is 28.8. The topological polar surface area (TPSA) is 75.6 Å². The molecule has 1 aromatic heterocycles. The lowest BCUT2D eigenvalue weighted by molar-refractivity contribution is 0.0533. The van der Waals surface area contributed by atoms with Gasteiger partial charge in [0.05, 0.1) is 18.4 Å². The summed E-state index contributed by atoms with van der Waals surface area (Å²) in [7, 11) is 1.52. The highest BCUT2D eigenvalue weighted by atomic mass is 19.1. The summed E-state index contributed by atoms with van der Waals surface area (Å²) in [5.41, 5.74) is 1.99. The minimum Gasteiger partial charge on any atom is -0.480 e. The van der Waals surface area contributed by atoms with Crippen molar-refractivity contribution < 1.29 is 18.7 Å². The van der Waals surface area contributed by atoms with Gasteiger partial charge in [0.25, 0.3) is 11.8 Å². The fraction of sp³-hybridized carbons (Fsp3) is 0.217. The van der Waals surface area contributed by atoms with Crippen LogP contribution < -0.4 is 4.74 Å². The number of hydrogen-bond donors (Lipinski definition) is 0. The highest BCUT2D eigenvalue weighted by Crippen LogP contribution is 2.21. The average molecular weight is 420 g/mol. The number of ether oxygens (including phenoxy) is 1. The highest BCUT2D eigenvalue weighted by molar-refractivity contribution is 5.96. The first-order chi connectivity index (χ1) is 15.1. The van der Waals surface area contributed by atoms with E-state index < -0.39 is 5.82 Å². The Hall–Kier alpha value is -3.81. The Kier molecular flexibility index (Phi) is 5.88. The van der Waals surface area contributed by atoms with Crippen LogP contribution in [-0.2, 0) is 0 Å². The van der Waals surface area contributed by atoms with Crippen molar-refractivity contribution in [2.24, 2.45) is 0 Å². The number of carbonyl (C=O) groups excluding carboxylic acids is 2. The predicted molar refractivity (Wildman–Crippen MR) is 112 cm³/mol. The number of amides is 2. The number of hydrogen-bond acceptors (Lipinski definition) is 5. The Morgan fingerprint density at radius 3 is 2.23 bits per heavy atom. The van der Waals surface area contributed by atoms with E-state index >= 15 is 0 Å². The molecule has 1 aliphatic heterocycles. The Balaban J connectivity index is 1.43. The molecule has 0 radical (unpaired) electrons. The summed E-state index contributed by atoms with van der Waals surface area (Å²) < 4.78 is 18.9. The standard InChI is InChI=1S/C23H21FN4O3/c1-31-21-10-9-20(25-26-21)16-5-4-6-17(15-16)22(29)27-11-13-28(14-12-27)23(30)18-7-2-3-8-19(18)24/h2-10,15H,11-14H2,1H3. The summed E-state index contributed by atoms with van der Waals surface area (Å²) in [5.74, 6) is -0.602. The number of methoxy groups -OCH3 is 1. The van der Waals surface area contributed by atoms with Crippen LogP contribution in [0.15, 0.2) is 60.7 Å². The molecule has 4 rings (SSSR count). The summed E-state index contributed by atoms with van der Waals surface area (Å²) in [5, 5.41) is 8.09. The van der Waals surface area contributed by atoms with Crippen LogP contribution in [0.5, 0.6) is 5.88 Å². The Morgan fingerprint density at radius 2 is 1.58 bits per heavy atom. The van der Waals surface area contributed by atoms with E-state index in [1.807, 2.05) is 6.07 Å². The number of rotatable bonds is 4. The van der Waals surface area contributed by atoms with Crippen molar-refractivity contribution in [1.29, 1.82) is 0 Å². The number of carbonyl (C=O) groups is 2. The van der Waals surface area contributed by atoms with Gasteiger partial charge in [-0.05, 0) is 30.3 Å². The molecule has 0 atom stereocenters. The molecular weight excluding hydrogens is 399 g/mol. The summed E-state index contributed by atoms with van der Waals surface area (Å²) in [6.45, 7) is 1.46. The third-order valence-corrected chi connectivity index (χ3v) is 5.21. The molecule has 0 N–H and O–H groups in total. The van der Waals surface area contributed by atoms with Gasteiger partial charge < -0.3 is 14.5 Å². The third-order valence-electron chi connectivity index (χ3n) is 5.21. The Labute approximate surface area is 179 Å². The van der Waals surface area contributed by atoms with E-state index in [0.29, 0.717) is 43.3 Å². The van der Waals surface area contributed by atoms with Crippen LogP contribution in [0.4, 0.5) is 4.39 Å². The summed E-state index contributed by atoms with van der Waals surface area (Å²) in [6.07, 6.45) is 0. The largest absolute Gasteiger partial charge is 0.480 e. The van der Waals surface area contributed by atoms with Gasteiger partial charge in [-0.2, -0.15) is 0 Å². The van der Waals surface area contributed by atoms with Crippen LogP contribution in [0, 0.1) is 5.82 Å². The zero-order valence-corrected chi connectivity index (χ0v) is 17.0. The molecule has 2 amide bonds. The second-order valence-corrected chi connectivity index (χ2v) is 7.11. The molecule has 31 heavy (non-hydrogen) atoms. The molecule has 1 saturated heterocycles. The number of benzene rings is 2. The lowest BCUT2D eigenvalue weighted by Gasteiger charge is -2.35. The highest BCUT2D eigenvalue weighted by Gasteiger charge is 2.26. The van der Waals surface area contributed by atoms with Gasteiger partial charge in [0.2, 0.25) is 5.88 Å². The lowest BCUT2D eigenvalue weighted by Crippen LogP contribution is -2.50. The zero-order valence-electron chi connectivity index (χ0n) is 17.0. The normalized spacial score (nSPS) is 13.7. The van der Waals surface area contributed by atoms with Gasteiger partial charge in [0, 0.05) is 43.4 Å². The van der Waals surface area contributed by atoms with E-state index in [1.54, 1.807) is 52.3 Å². The van der Waals surface area contributed by atoms with Gasteiger partial charge in [-0.25, -0.2) is 4.39 Å². The molecule has 8 heteroatoms. The van der Waals surface area contributed by atoms with E-state index in [1.165, 1.54) is 19.2 Å². The van der Waals surface area contributed by atoms with Gasteiger partial charge in [0.15, 0.2) is 0 Å². The monoisotopic (exact) mass is 420 g/mol. The quantitative estimate of drug-likeness (QED) is 0.649. The fourth-order valence-electron chi connectivity index (χ4n) is 3.49. The maximum absolute atomic E-state index is 13.9. The van der Waals surface area contributed by atoms with E-state index in [-0.39, 0.29) is 17.4 Å². The van der Waals surface area contributed by atoms with Crippen LogP contribution in [-0.4, -0.2) is 65.1 Å². The molecule has 1 fully saturated rings.